The van der Waals surface area contributed by atoms with Gasteiger partial charge < -0.3 is 20.2 Å². The predicted molar refractivity (Wildman–Crippen MR) is 75.4 cm³/mol. The van der Waals surface area contributed by atoms with Gasteiger partial charge in [-0.15, -0.1) is 0 Å². The lowest BCUT2D eigenvalue weighted by Crippen LogP contribution is -2.38. The number of oxazole rings is 1. The number of aliphatic hydroxyl groups is 1. The standard InChI is InChI=1S/C14H17N3O3/c1-9(7-18)16-14(19)17-12-5-3-4-11(6-12)13-15-10(2)8-20-13/h3-6,8-9,18H,7H2,1-2H3,(H2,16,17,19). The monoisotopic (exact) mass is 275 g/mol. The number of nitrogens with zero attached hydrogens (tertiary/aromatic N) is 1. The molecule has 3 N–H and O–H groups in total. The maximum Gasteiger partial charge on any atom is 0.319 e. The van der Waals surface area contributed by atoms with Crippen LogP contribution in [0.2, 0.25) is 0 Å². The minimum Gasteiger partial charge on any atom is -0.444 e. The maximum absolute atomic E-state index is 11.7. The van der Waals surface area contributed by atoms with E-state index in [4.69, 9.17) is 9.52 Å². The molecule has 0 saturated carbocycles. The average molecular weight is 275 g/mol. The zero-order chi connectivity index (χ0) is 14.5. The summed E-state index contributed by atoms with van der Waals surface area (Å²) in [4.78, 5) is 15.9. The van der Waals surface area contributed by atoms with Crippen LogP contribution in [0.4, 0.5) is 10.5 Å². The van der Waals surface area contributed by atoms with Gasteiger partial charge in [0.15, 0.2) is 0 Å². The molecule has 0 spiro atoms. The number of urea groups is 1. The number of hydrogen-bond acceptors (Lipinski definition) is 4. The Kier molecular flexibility index (Phi) is 4.37. The van der Waals surface area contributed by atoms with Crippen LogP contribution in [0.1, 0.15) is 12.6 Å². The molecule has 2 amide bonds. The van der Waals surface area contributed by atoms with Crippen LogP contribution < -0.4 is 10.6 Å². The Balaban J connectivity index is 2.08. The van der Waals surface area contributed by atoms with E-state index in [1.807, 2.05) is 13.0 Å². The molecule has 0 fully saturated rings. The fourth-order valence-electron chi connectivity index (χ4n) is 1.65. The van der Waals surface area contributed by atoms with E-state index in [2.05, 4.69) is 15.6 Å². The highest BCUT2D eigenvalue weighted by atomic mass is 16.3. The number of amides is 2. The number of nitrogens with one attached hydrogen (secondary N) is 2. The molecule has 1 heterocycles. The highest BCUT2D eigenvalue weighted by molar-refractivity contribution is 5.90. The van der Waals surface area contributed by atoms with Gasteiger partial charge in [0.2, 0.25) is 5.89 Å². The summed E-state index contributed by atoms with van der Waals surface area (Å²) in [6.45, 7) is 3.45. The maximum atomic E-state index is 11.7. The van der Waals surface area contributed by atoms with E-state index in [1.54, 1.807) is 31.4 Å². The third-order valence-corrected chi connectivity index (χ3v) is 2.64. The second-order valence-corrected chi connectivity index (χ2v) is 4.56. The topological polar surface area (TPSA) is 87.4 Å². The number of carbonyl (C=O) groups is 1. The molecule has 0 radical (unpaired) electrons. The van der Waals surface area contributed by atoms with Crippen molar-refractivity contribution in [2.75, 3.05) is 11.9 Å². The van der Waals surface area contributed by atoms with Gasteiger partial charge in [0.25, 0.3) is 0 Å². The zero-order valence-corrected chi connectivity index (χ0v) is 11.4. The molecule has 20 heavy (non-hydrogen) atoms. The fraction of sp³-hybridized carbons (Fsp3) is 0.286. The van der Waals surface area contributed by atoms with Gasteiger partial charge in [0.05, 0.1) is 18.3 Å². The van der Waals surface area contributed by atoms with Crippen LogP contribution in [0.25, 0.3) is 11.5 Å². The molecule has 0 aliphatic heterocycles. The second-order valence-electron chi connectivity index (χ2n) is 4.56. The molecule has 106 valence electrons. The first-order valence-electron chi connectivity index (χ1n) is 6.29. The normalized spacial score (nSPS) is 11.9. The van der Waals surface area contributed by atoms with Crippen molar-refractivity contribution >= 4 is 11.7 Å². The predicted octanol–water partition coefficient (Wildman–Crippen LogP) is 2.15. The summed E-state index contributed by atoms with van der Waals surface area (Å²) in [6, 6.07) is 6.53. The number of anilines is 1. The smallest absolute Gasteiger partial charge is 0.319 e. The Hall–Kier alpha value is -2.34. The Morgan fingerprint density at radius 2 is 2.30 bits per heavy atom. The lowest BCUT2D eigenvalue weighted by Gasteiger charge is -2.12. The van der Waals surface area contributed by atoms with Crippen molar-refractivity contribution < 1.29 is 14.3 Å². The minimum atomic E-state index is -0.368. The van der Waals surface area contributed by atoms with Gasteiger partial charge in [0.1, 0.15) is 6.26 Å². The van der Waals surface area contributed by atoms with E-state index in [0.717, 1.165) is 11.3 Å². The minimum absolute atomic E-state index is 0.108. The molecule has 1 aromatic heterocycles. The largest absolute Gasteiger partial charge is 0.444 e. The van der Waals surface area contributed by atoms with Gasteiger partial charge in [-0.3, -0.25) is 0 Å². The van der Waals surface area contributed by atoms with Crippen molar-refractivity contribution in [3.63, 3.8) is 0 Å². The highest BCUT2D eigenvalue weighted by Gasteiger charge is 2.08. The number of hydrogen-bond donors (Lipinski definition) is 3. The lowest BCUT2D eigenvalue weighted by atomic mass is 10.2. The number of aromatic nitrogens is 1. The van der Waals surface area contributed by atoms with E-state index in [9.17, 15) is 4.79 Å². The molecule has 1 unspecified atom stereocenters. The van der Waals surface area contributed by atoms with Crippen molar-refractivity contribution in [1.82, 2.24) is 10.3 Å². The molecule has 2 rings (SSSR count). The van der Waals surface area contributed by atoms with Crippen molar-refractivity contribution in [1.29, 1.82) is 0 Å². The quantitative estimate of drug-likeness (QED) is 0.798. The Morgan fingerprint density at radius 3 is 2.95 bits per heavy atom. The molecule has 6 nitrogen and oxygen atoms in total. The van der Waals surface area contributed by atoms with E-state index < -0.39 is 0 Å². The molecule has 0 bridgehead atoms. The van der Waals surface area contributed by atoms with Gasteiger partial charge in [-0.05, 0) is 32.0 Å². The van der Waals surface area contributed by atoms with Crippen LogP contribution in [0.5, 0.6) is 0 Å². The number of carbonyl (C=O) groups excluding carboxylic acids is 1. The number of rotatable bonds is 4. The van der Waals surface area contributed by atoms with Gasteiger partial charge in [-0.25, -0.2) is 9.78 Å². The number of aliphatic hydroxyl groups excluding tert-OH is 1. The summed E-state index contributed by atoms with van der Waals surface area (Å²) in [5.41, 5.74) is 2.21. The molecule has 6 heteroatoms. The highest BCUT2D eigenvalue weighted by Crippen LogP contribution is 2.21. The zero-order valence-electron chi connectivity index (χ0n) is 11.4. The molecule has 1 aromatic carbocycles. The summed E-state index contributed by atoms with van der Waals surface area (Å²) in [5, 5.41) is 14.2. The Morgan fingerprint density at radius 1 is 1.50 bits per heavy atom. The third-order valence-electron chi connectivity index (χ3n) is 2.64. The van der Waals surface area contributed by atoms with Gasteiger partial charge >= 0.3 is 6.03 Å². The first kappa shape index (κ1) is 14.1. The van der Waals surface area contributed by atoms with E-state index in [0.29, 0.717) is 11.6 Å². The first-order chi connectivity index (χ1) is 9.58. The number of benzene rings is 1. The molecular weight excluding hydrogens is 258 g/mol. The van der Waals surface area contributed by atoms with Gasteiger partial charge in [0, 0.05) is 11.3 Å². The van der Waals surface area contributed by atoms with Gasteiger partial charge in [-0.1, -0.05) is 6.07 Å². The number of aryl methyl sites for hydroxylation is 1. The molecule has 0 saturated heterocycles. The van der Waals surface area contributed by atoms with Gasteiger partial charge in [-0.2, -0.15) is 0 Å². The fourth-order valence-corrected chi connectivity index (χ4v) is 1.65. The van der Waals surface area contributed by atoms with Crippen LogP contribution >= 0.6 is 0 Å². The molecule has 0 aliphatic rings. The van der Waals surface area contributed by atoms with Crippen LogP contribution in [0.3, 0.4) is 0 Å². The van der Waals surface area contributed by atoms with Crippen molar-refractivity contribution in [3.8, 4) is 11.5 Å². The first-order valence-corrected chi connectivity index (χ1v) is 6.29. The Labute approximate surface area is 116 Å². The summed E-state index contributed by atoms with van der Waals surface area (Å²) < 4.78 is 5.32. The summed E-state index contributed by atoms with van der Waals surface area (Å²) in [6.07, 6.45) is 1.57. The van der Waals surface area contributed by atoms with Crippen LogP contribution in [-0.4, -0.2) is 28.8 Å². The molecule has 1 atom stereocenters. The molecular formula is C14H17N3O3. The molecule has 0 aliphatic carbocycles. The summed E-state index contributed by atoms with van der Waals surface area (Å²) in [7, 11) is 0. The van der Waals surface area contributed by atoms with E-state index >= 15 is 0 Å². The van der Waals surface area contributed by atoms with Crippen LogP contribution in [0, 0.1) is 6.92 Å². The van der Waals surface area contributed by atoms with Crippen LogP contribution in [-0.2, 0) is 0 Å². The van der Waals surface area contributed by atoms with Crippen molar-refractivity contribution in [2.24, 2.45) is 0 Å². The third kappa shape index (κ3) is 3.58. The second kappa shape index (κ2) is 6.21. The summed E-state index contributed by atoms with van der Waals surface area (Å²) >= 11 is 0. The lowest BCUT2D eigenvalue weighted by molar-refractivity contribution is 0.229. The van der Waals surface area contributed by atoms with Crippen LogP contribution in [0.15, 0.2) is 34.9 Å². The van der Waals surface area contributed by atoms with Crippen molar-refractivity contribution in [2.45, 2.75) is 19.9 Å². The SMILES string of the molecule is Cc1coc(-c2cccc(NC(=O)NC(C)CO)c2)n1. The van der Waals surface area contributed by atoms with E-state index in [-0.39, 0.29) is 18.7 Å². The summed E-state index contributed by atoms with van der Waals surface area (Å²) in [5.74, 6) is 0.510. The van der Waals surface area contributed by atoms with Crippen molar-refractivity contribution in [3.05, 3.63) is 36.2 Å². The Bertz CT molecular complexity index is 595. The molecule has 2 aromatic rings. The van der Waals surface area contributed by atoms with E-state index in [1.165, 1.54) is 0 Å². The average Bonchev–Trinajstić information content (AvgIpc) is 2.85.